The van der Waals surface area contributed by atoms with Crippen molar-refractivity contribution in [3.05, 3.63) is 59.8 Å². The molecule has 0 aromatic heterocycles. The number of aromatic hydroxyl groups is 1. The molecule has 2 aromatic carbocycles. The Balaban J connectivity index is 1.74. The number of phenols is 1. The molecule has 0 bridgehead atoms. The van der Waals surface area contributed by atoms with Crippen LogP contribution in [0.2, 0.25) is 0 Å². The largest absolute Gasteiger partial charge is 0.507 e. The van der Waals surface area contributed by atoms with Crippen molar-refractivity contribution in [2.24, 2.45) is 0 Å². The quantitative estimate of drug-likeness (QED) is 0.581. The predicted octanol–water partition coefficient (Wildman–Crippen LogP) is 3.71. The summed E-state index contributed by atoms with van der Waals surface area (Å²) in [4.78, 5) is 0. The number of allylic oxidation sites excluding steroid dienone is 3. The van der Waals surface area contributed by atoms with Crippen LogP contribution in [0.1, 0.15) is 12.8 Å². The normalized spacial score (nSPS) is 14.4. The summed E-state index contributed by atoms with van der Waals surface area (Å²) in [6, 6.07) is 11.4. The fourth-order valence-corrected chi connectivity index (χ4v) is 2.63. The second-order valence-electron chi connectivity index (χ2n) is 5.38. The van der Waals surface area contributed by atoms with E-state index in [2.05, 4.69) is 23.0 Å². The molecule has 4 nitrogen and oxygen atoms in total. The molecule has 2 aromatic rings. The maximum Gasteiger partial charge on any atom is 0.123 e. The number of anilines is 1. The first-order valence-corrected chi connectivity index (χ1v) is 7.38. The zero-order valence-electron chi connectivity index (χ0n) is 12.6. The average Bonchev–Trinajstić information content (AvgIpc) is 2.56. The Morgan fingerprint density at radius 3 is 2.55 bits per heavy atom. The molecule has 0 unspecified atom stereocenters. The van der Waals surface area contributed by atoms with Crippen LogP contribution < -0.4 is 10.9 Å². The second kappa shape index (κ2) is 6.54. The molecule has 1 aliphatic rings. The van der Waals surface area contributed by atoms with Gasteiger partial charge in [-0.2, -0.15) is 0 Å². The first-order chi connectivity index (χ1) is 10.8. The molecule has 0 fully saturated rings. The molecule has 114 valence electrons. The van der Waals surface area contributed by atoms with Crippen LogP contribution in [0.15, 0.2) is 59.8 Å². The van der Waals surface area contributed by atoms with Crippen LogP contribution in [0, 0.1) is 0 Å². The van der Waals surface area contributed by atoms with E-state index in [1.165, 1.54) is 5.57 Å². The third kappa shape index (κ3) is 3.07. The molecule has 0 saturated heterocycles. The maximum absolute atomic E-state index is 9.91. The Morgan fingerprint density at radius 1 is 1.00 bits per heavy atom. The van der Waals surface area contributed by atoms with Crippen LogP contribution in [0.25, 0.3) is 10.8 Å². The molecule has 3 rings (SSSR count). The van der Waals surface area contributed by atoms with Crippen LogP contribution in [0.3, 0.4) is 0 Å². The van der Waals surface area contributed by atoms with Gasteiger partial charge in [-0.15, -0.1) is 0 Å². The predicted molar refractivity (Wildman–Crippen MR) is 89.6 cm³/mol. The number of fused-ring (bicyclic) bond motifs is 1. The van der Waals surface area contributed by atoms with E-state index >= 15 is 0 Å². The van der Waals surface area contributed by atoms with Gasteiger partial charge in [-0.3, -0.25) is 0 Å². The van der Waals surface area contributed by atoms with Crippen LogP contribution in [-0.4, -0.2) is 18.8 Å². The lowest BCUT2D eigenvalue weighted by atomic mass is 10.0. The van der Waals surface area contributed by atoms with E-state index in [0.717, 1.165) is 35.0 Å². The van der Waals surface area contributed by atoms with Gasteiger partial charge < -0.3 is 20.7 Å². The molecule has 0 heterocycles. The van der Waals surface area contributed by atoms with Gasteiger partial charge in [-0.05, 0) is 36.6 Å². The van der Waals surface area contributed by atoms with E-state index in [4.69, 9.17) is 4.74 Å². The third-order valence-electron chi connectivity index (χ3n) is 3.82. The van der Waals surface area contributed by atoms with Gasteiger partial charge in [0.15, 0.2) is 0 Å². The van der Waals surface area contributed by atoms with E-state index in [0.29, 0.717) is 12.4 Å². The van der Waals surface area contributed by atoms with Crippen molar-refractivity contribution in [3.63, 3.8) is 0 Å². The minimum Gasteiger partial charge on any atom is -0.507 e. The van der Waals surface area contributed by atoms with Crippen molar-refractivity contribution in [1.29, 1.82) is 0 Å². The first kappa shape index (κ1) is 14.5. The van der Waals surface area contributed by atoms with Gasteiger partial charge in [0.05, 0.1) is 12.3 Å². The third-order valence-corrected chi connectivity index (χ3v) is 3.82. The molecule has 0 radical (unpaired) electrons. The summed E-state index contributed by atoms with van der Waals surface area (Å²) in [6.07, 6.45) is 6.14. The summed E-state index contributed by atoms with van der Waals surface area (Å²) in [5.41, 5.74) is 9.89. The lowest BCUT2D eigenvalue weighted by Gasteiger charge is -2.18. The highest BCUT2D eigenvalue weighted by Gasteiger charge is 2.08. The molecule has 0 amide bonds. The Morgan fingerprint density at radius 2 is 1.82 bits per heavy atom. The van der Waals surface area contributed by atoms with Crippen LogP contribution in [-0.2, 0) is 4.74 Å². The molecule has 0 atom stereocenters. The van der Waals surface area contributed by atoms with Crippen LogP contribution in [0.4, 0.5) is 5.69 Å². The number of hydrogen-bond acceptors (Lipinski definition) is 4. The molecular formula is C18H20N2O2. The topological polar surface area (TPSA) is 53.5 Å². The molecule has 0 spiro atoms. The lowest BCUT2D eigenvalue weighted by molar-refractivity contribution is 0.222. The number of nitrogens with one attached hydrogen (secondary N) is 2. The van der Waals surface area contributed by atoms with Crippen LogP contribution >= 0.6 is 0 Å². The fourth-order valence-electron chi connectivity index (χ4n) is 2.63. The van der Waals surface area contributed by atoms with Crippen molar-refractivity contribution in [1.82, 2.24) is 5.43 Å². The van der Waals surface area contributed by atoms with E-state index in [-0.39, 0.29) is 0 Å². The number of methoxy groups -OCH3 is 1. The summed E-state index contributed by atoms with van der Waals surface area (Å²) in [6.45, 7) is 0.694. The monoisotopic (exact) mass is 296 g/mol. The molecule has 3 N–H and O–H groups in total. The molecule has 0 saturated carbocycles. The minimum absolute atomic E-state index is 0.296. The number of rotatable bonds is 5. The van der Waals surface area contributed by atoms with E-state index in [1.54, 1.807) is 13.2 Å². The highest BCUT2D eigenvalue weighted by atomic mass is 16.5. The zero-order chi connectivity index (χ0) is 15.4. The highest BCUT2D eigenvalue weighted by Crippen LogP contribution is 2.30. The molecule has 0 aliphatic heterocycles. The van der Waals surface area contributed by atoms with Gasteiger partial charge in [0.1, 0.15) is 5.75 Å². The Hall–Kier alpha value is -2.46. The van der Waals surface area contributed by atoms with Gasteiger partial charge in [0.25, 0.3) is 0 Å². The van der Waals surface area contributed by atoms with E-state index in [1.807, 2.05) is 30.3 Å². The van der Waals surface area contributed by atoms with Crippen molar-refractivity contribution in [2.75, 3.05) is 19.1 Å². The van der Waals surface area contributed by atoms with Gasteiger partial charge in [0.2, 0.25) is 0 Å². The zero-order valence-corrected chi connectivity index (χ0v) is 12.6. The molecule has 22 heavy (non-hydrogen) atoms. The Kier molecular flexibility index (Phi) is 4.30. The Labute approximate surface area is 130 Å². The summed E-state index contributed by atoms with van der Waals surface area (Å²) in [7, 11) is 1.72. The van der Waals surface area contributed by atoms with Crippen molar-refractivity contribution in [2.45, 2.75) is 12.8 Å². The minimum atomic E-state index is 0.296. The SMILES string of the molecule is COCC1=CC=C(NNc2ccc(O)c3ccccc23)CC1. The molecular weight excluding hydrogens is 276 g/mol. The number of ether oxygens (including phenoxy) is 1. The number of hydrazine groups is 1. The lowest BCUT2D eigenvalue weighted by Crippen LogP contribution is -2.22. The van der Waals surface area contributed by atoms with E-state index < -0.39 is 0 Å². The summed E-state index contributed by atoms with van der Waals surface area (Å²) in [5.74, 6) is 0.296. The highest BCUT2D eigenvalue weighted by molar-refractivity contribution is 5.97. The molecule has 4 heteroatoms. The number of hydrogen-bond donors (Lipinski definition) is 3. The van der Waals surface area contributed by atoms with Gasteiger partial charge in [0, 0.05) is 23.6 Å². The van der Waals surface area contributed by atoms with Crippen molar-refractivity contribution in [3.8, 4) is 5.75 Å². The number of benzene rings is 2. The maximum atomic E-state index is 9.91. The summed E-state index contributed by atoms with van der Waals surface area (Å²) < 4.78 is 5.15. The molecule has 1 aliphatic carbocycles. The van der Waals surface area contributed by atoms with Crippen molar-refractivity contribution < 1.29 is 9.84 Å². The second-order valence-corrected chi connectivity index (χ2v) is 5.38. The van der Waals surface area contributed by atoms with Crippen LogP contribution in [0.5, 0.6) is 5.75 Å². The Bertz CT molecular complexity index is 735. The smallest absolute Gasteiger partial charge is 0.123 e. The summed E-state index contributed by atoms with van der Waals surface area (Å²) >= 11 is 0. The van der Waals surface area contributed by atoms with Gasteiger partial charge in [-0.25, -0.2) is 0 Å². The standard InChI is InChI=1S/C18H20N2O2/c1-22-12-13-6-8-14(9-7-13)19-20-17-10-11-18(21)16-5-3-2-4-15(16)17/h2-6,8,10-11,19-21H,7,9,12H2,1H3. The first-order valence-electron chi connectivity index (χ1n) is 7.38. The average molecular weight is 296 g/mol. The fraction of sp³-hybridized carbons (Fsp3) is 0.222. The van der Waals surface area contributed by atoms with E-state index in [9.17, 15) is 5.11 Å². The number of phenolic OH excluding ortho intramolecular Hbond substituents is 1. The van der Waals surface area contributed by atoms with Gasteiger partial charge in [-0.1, -0.05) is 30.3 Å². The van der Waals surface area contributed by atoms with Gasteiger partial charge >= 0.3 is 0 Å². The summed E-state index contributed by atoms with van der Waals surface area (Å²) in [5, 5.41) is 11.7. The van der Waals surface area contributed by atoms with Crippen molar-refractivity contribution >= 4 is 16.5 Å².